The summed E-state index contributed by atoms with van der Waals surface area (Å²) in [5, 5.41) is 9.12. The molecule has 5 saturated carbocycles. The van der Waals surface area contributed by atoms with E-state index in [1.807, 2.05) is 0 Å². The lowest BCUT2D eigenvalue weighted by Crippen LogP contribution is -2.53. The van der Waals surface area contributed by atoms with Gasteiger partial charge in [0.2, 0.25) is 5.91 Å². The third-order valence-electron chi connectivity index (χ3n) is 6.33. The summed E-state index contributed by atoms with van der Waals surface area (Å²) < 4.78 is 0. The molecule has 0 aromatic carbocycles. The predicted molar refractivity (Wildman–Crippen MR) is 77.5 cm³/mol. The van der Waals surface area contributed by atoms with Crippen LogP contribution in [0.2, 0.25) is 0 Å². The van der Waals surface area contributed by atoms with Gasteiger partial charge in [0.1, 0.15) is 6.54 Å². The lowest BCUT2D eigenvalue weighted by molar-refractivity contribution is -0.154. The Labute approximate surface area is 125 Å². The molecule has 5 fully saturated rings. The average Bonchev–Trinajstić information content (AvgIpc) is 3.20. The zero-order valence-corrected chi connectivity index (χ0v) is 12.5. The SMILES string of the molecule is O=C(O)CN(CC1CC1)C(=O)C1C2CC3CC(C2)CC1C3. The number of rotatable bonds is 5. The number of carboxylic acid groups (broad SMARTS) is 1. The Balaban J connectivity index is 1.50. The van der Waals surface area contributed by atoms with Crippen LogP contribution in [0.25, 0.3) is 0 Å². The van der Waals surface area contributed by atoms with Gasteiger partial charge in [0.15, 0.2) is 0 Å². The molecule has 0 saturated heterocycles. The first kappa shape index (κ1) is 13.6. The van der Waals surface area contributed by atoms with Gasteiger partial charge in [0.25, 0.3) is 0 Å². The zero-order chi connectivity index (χ0) is 14.6. The number of amides is 1. The summed E-state index contributed by atoms with van der Waals surface area (Å²) in [6.07, 6.45) is 8.56. The molecule has 0 atom stereocenters. The van der Waals surface area contributed by atoms with E-state index < -0.39 is 5.97 Å². The van der Waals surface area contributed by atoms with E-state index in [-0.39, 0.29) is 18.4 Å². The molecule has 5 aliphatic carbocycles. The van der Waals surface area contributed by atoms with Crippen molar-refractivity contribution in [2.75, 3.05) is 13.1 Å². The number of aliphatic carboxylic acids is 1. The molecule has 5 rings (SSSR count). The maximum absolute atomic E-state index is 13.0. The van der Waals surface area contributed by atoms with Gasteiger partial charge in [-0.1, -0.05) is 0 Å². The van der Waals surface area contributed by atoms with E-state index in [0.717, 1.165) is 24.7 Å². The molecule has 4 heteroatoms. The molecule has 4 bridgehead atoms. The number of nitrogens with zero attached hydrogens (tertiary/aromatic N) is 1. The summed E-state index contributed by atoms with van der Waals surface area (Å²) in [7, 11) is 0. The van der Waals surface area contributed by atoms with Crippen molar-refractivity contribution in [2.24, 2.45) is 35.5 Å². The minimum atomic E-state index is -0.868. The molecular weight excluding hydrogens is 266 g/mol. The predicted octanol–water partition coefficient (Wildman–Crippen LogP) is 2.38. The van der Waals surface area contributed by atoms with Gasteiger partial charge in [-0.3, -0.25) is 9.59 Å². The zero-order valence-electron chi connectivity index (χ0n) is 12.5. The van der Waals surface area contributed by atoms with E-state index in [4.69, 9.17) is 5.11 Å². The monoisotopic (exact) mass is 291 g/mol. The van der Waals surface area contributed by atoms with E-state index in [2.05, 4.69) is 0 Å². The van der Waals surface area contributed by atoms with Gasteiger partial charge in [-0.15, -0.1) is 0 Å². The van der Waals surface area contributed by atoms with Crippen molar-refractivity contribution in [3.63, 3.8) is 0 Å². The van der Waals surface area contributed by atoms with Crippen LogP contribution in [0.5, 0.6) is 0 Å². The average molecular weight is 291 g/mol. The van der Waals surface area contributed by atoms with Crippen LogP contribution in [0.4, 0.5) is 0 Å². The maximum Gasteiger partial charge on any atom is 0.323 e. The molecule has 0 spiro atoms. The molecule has 116 valence electrons. The largest absolute Gasteiger partial charge is 0.480 e. The quantitative estimate of drug-likeness (QED) is 0.846. The summed E-state index contributed by atoms with van der Waals surface area (Å²) in [5.41, 5.74) is 0. The van der Waals surface area contributed by atoms with Crippen LogP contribution in [0.1, 0.15) is 44.9 Å². The molecule has 0 aromatic heterocycles. The number of carboxylic acids is 1. The Kier molecular flexibility index (Phi) is 3.23. The van der Waals surface area contributed by atoms with Gasteiger partial charge in [0.05, 0.1) is 0 Å². The van der Waals surface area contributed by atoms with E-state index in [1.165, 1.54) is 32.1 Å². The Morgan fingerprint density at radius 3 is 2.00 bits per heavy atom. The third kappa shape index (κ3) is 2.58. The first-order valence-corrected chi connectivity index (χ1v) is 8.60. The van der Waals surface area contributed by atoms with Crippen molar-refractivity contribution in [2.45, 2.75) is 44.9 Å². The highest BCUT2D eigenvalue weighted by molar-refractivity contribution is 5.84. The highest BCUT2D eigenvalue weighted by Gasteiger charge is 2.51. The first-order chi connectivity index (χ1) is 10.1. The first-order valence-electron chi connectivity index (χ1n) is 8.60. The van der Waals surface area contributed by atoms with Crippen molar-refractivity contribution in [3.05, 3.63) is 0 Å². The Hall–Kier alpha value is -1.06. The smallest absolute Gasteiger partial charge is 0.323 e. The standard InChI is InChI=1S/C17H25NO3/c19-15(20)9-18(8-10-1-2-10)17(21)16-13-4-11-3-12(6-13)7-14(16)5-11/h10-14,16H,1-9H2,(H,19,20). The van der Waals surface area contributed by atoms with E-state index in [0.29, 0.717) is 24.3 Å². The van der Waals surface area contributed by atoms with Gasteiger partial charge in [-0.25, -0.2) is 0 Å². The summed E-state index contributed by atoms with van der Waals surface area (Å²) in [6.45, 7) is 0.575. The Bertz CT molecular complexity index is 429. The van der Waals surface area contributed by atoms with Crippen molar-refractivity contribution in [1.82, 2.24) is 4.90 Å². The molecule has 21 heavy (non-hydrogen) atoms. The fraction of sp³-hybridized carbons (Fsp3) is 0.882. The lowest BCUT2D eigenvalue weighted by Gasteiger charge is -2.54. The Morgan fingerprint density at radius 2 is 1.52 bits per heavy atom. The number of carbonyl (C=O) groups is 2. The van der Waals surface area contributed by atoms with E-state index in [9.17, 15) is 9.59 Å². The van der Waals surface area contributed by atoms with Gasteiger partial charge < -0.3 is 10.0 Å². The van der Waals surface area contributed by atoms with Crippen LogP contribution in [-0.4, -0.2) is 35.0 Å². The van der Waals surface area contributed by atoms with E-state index >= 15 is 0 Å². The topological polar surface area (TPSA) is 57.6 Å². The summed E-state index contributed by atoms with van der Waals surface area (Å²) in [5.74, 6) is 2.79. The number of hydrogen-bond donors (Lipinski definition) is 1. The molecule has 0 unspecified atom stereocenters. The van der Waals surface area contributed by atoms with Crippen LogP contribution >= 0.6 is 0 Å². The summed E-state index contributed by atoms with van der Waals surface area (Å²) >= 11 is 0. The molecule has 1 N–H and O–H groups in total. The minimum absolute atomic E-state index is 0.0991. The fourth-order valence-corrected chi connectivity index (χ4v) is 5.55. The summed E-state index contributed by atoms with van der Waals surface area (Å²) in [4.78, 5) is 25.8. The second-order valence-electron chi connectivity index (χ2n) is 8.01. The summed E-state index contributed by atoms with van der Waals surface area (Å²) in [6, 6.07) is 0. The number of carbonyl (C=O) groups excluding carboxylic acids is 1. The highest BCUT2D eigenvalue weighted by Crippen LogP contribution is 2.56. The van der Waals surface area contributed by atoms with Crippen LogP contribution < -0.4 is 0 Å². The van der Waals surface area contributed by atoms with Crippen molar-refractivity contribution < 1.29 is 14.7 Å². The molecule has 1 amide bonds. The van der Waals surface area contributed by atoms with Crippen molar-refractivity contribution in [3.8, 4) is 0 Å². The van der Waals surface area contributed by atoms with Gasteiger partial charge in [0, 0.05) is 12.5 Å². The normalized spacial score (nSPS) is 40.3. The van der Waals surface area contributed by atoms with Crippen LogP contribution in [0.15, 0.2) is 0 Å². The lowest BCUT2D eigenvalue weighted by atomic mass is 9.51. The number of hydrogen-bond acceptors (Lipinski definition) is 2. The molecule has 5 aliphatic rings. The fourth-order valence-electron chi connectivity index (χ4n) is 5.55. The van der Waals surface area contributed by atoms with Gasteiger partial charge >= 0.3 is 5.97 Å². The molecule has 4 nitrogen and oxygen atoms in total. The molecule has 0 heterocycles. The van der Waals surface area contributed by atoms with Crippen LogP contribution in [0.3, 0.4) is 0 Å². The van der Waals surface area contributed by atoms with Crippen LogP contribution in [0, 0.1) is 35.5 Å². The van der Waals surface area contributed by atoms with E-state index in [1.54, 1.807) is 4.90 Å². The van der Waals surface area contributed by atoms with Crippen molar-refractivity contribution in [1.29, 1.82) is 0 Å². The second-order valence-corrected chi connectivity index (χ2v) is 8.01. The van der Waals surface area contributed by atoms with Crippen molar-refractivity contribution >= 4 is 11.9 Å². The van der Waals surface area contributed by atoms with Gasteiger partial charge in [-0.2, -0.15) is 0 Å². The molecule has 0 aliphatic heterocycles. The van der Waals surface area contributed by atoms with Gasteiger partial charge in [-0.05, 0) is 74.5 Å². The molecule has 0 aromatic rings. The highest BCUT2D eigenvalue weighted by atomic mass is 16.4. The second kappa shape index (κ2) is 4.99. The third-order valence-corrected chi connectivity index (χ3v) is 6.33. The Morgan fingerprint density at radius 1 is 0.952 bits per heavy atom. The molecular formula is C17H25NO3. The maximum atomic E-state index is 13.0. The minimum Gasteiger partial charge on any atom is -0.480 e. The molecule has 0 radical (unpaired) electrons. The van der Waals surface area contributed by atoms with Crippen LogP contribution in [-0.2, 0) is 9.59 Å².